The molecule has 1 rings (SSSR count). The van der Waals surface area contributed by atoms with Crippen molar-refractivity contribution in [1.82, 2.24) is 9.88 Å². The van der Waals surface area contributed by atoms with Crippen LogP contribution in [0.15, 0.2) is 12.3 Å². The van der Waals surface area contributed by atoms with Crippen LogP contribution in [0.25, 0.3) is 0 Å². The Morgan fingerprint density at radius 3 is 2.95 bits per heavy atom. The van der Waals surface area contributed by atoms with Crippen molar-refractivity contribution in [2.75, 3.05) is 39.2 Å². The number of nitrogens with one attached hydrogen (secondary N) is 1. The minimum absolute atomic E-state index is 0.243. The maximum atomic E-state index is 13.3. The maximum absolute atomic E-state index is 13.3. The number of hydrogen-bond acceptors (Lipinski definition) is 4. The zero-order valence-corrected chi connectivity index (χ0v) is 11.6. The fraction of sp³-hybridized carbons (Fsp3) is 0.538. The number of carbonyl (C=O) groups is 1. The van der Waals surface area contributed by atoms with Crippen molar-refractivity contribution in [2.24, 2.45) is 0 Å². The number of carbonyl (C=O) groups excluding carboxylic acids is 1. The van der Waals surface area contributed by atoms with E-state index in [1.54, 1.807) is 14.2 Å². The van der Waals surface area contributed by atoms with Crippen molar-refractivity contribution in [3.63, 3.8) is 0 Å². The first kappa shape index (κ1) is 15.4. The first-order valence-electron chi connectivity index (χ1n) is 6.24. The van der Waals surface area contributed by atoms with Gasteiger partial charge in [-0.1, -0.05) is 6.92 Å². The molecule has 1 aromatic heterocycles. The highest BCUT2D eigenvalue weighted by molar-refractivity contribution is 5.98. The molecular formula is C13H20FN3O2. The van der Waals surface area contributed by atoms with Gasteiger partial charge in [0.25, 0.3) is 5.91 Å². The zero-order valence-electron chi connectivity index (χ0n) is 11.6. The number of pyridine rings is 1. The Kier molecular flexibility index (Phi) is 6.21. The van der Waals surface area contributed by atoms with E-state index in [2.05, 4.69) is 10.3 Å². The van der Waals surface area contributed by atoms with Crippen LogP contribution < -0.4 is 5.32 Å². The lowest BCUT2D eigenvalue weighted by molar-refractivity contribution is 0.0744. The summed E-state index contributed by atoms with van der Waals surface area (Å²) < 4.78 is 18.2. The largest absolute Gasteiger partial charge is 0.383 e. The molecule has 1 N–H and O–H groups in total. The van der Waals surface area contributed by atoms with Crippen LogP contribution in [0.2, 0.25) is 0 Å². The molecule has 106 valence electrons. The highest BCUT2D eigenvalue weighted by Crippen LogP contribution is 2.15. The van der Waals surface area contributed by atoms with Gasteiger partial charge in [-0.25, -0.2) is 9.37 Å². The molecule has 5 nitrogen and oxygen atoms in total. The number of anilines is 1. The van der Waals surface area contributed by atoms with E-state index in [1.165, 1.54) is 11.0 Å². The highest BCUT2D eigenvalue weighted by Gasteiger charge is 2.17. The summed E-state index contributed by atoms with van der Waals surface area (Å²) in [4.78, 5) is 17.6. The number of nitrogens with zero attached hydrogens (tertiary/aromatic N) is 2. The van der Waals surface area contributed by atoms with Crippen LogP contribution in [0.5, 0.6) is 0 Å². The van der Waals surface area contributed by atoms with E-state index >= 15 is 0 Å². The van der Waals surface area contributed by atoms with Crippen molar-refractivity contribution in [3.8, 4) is 0 Å². The van der Waals surface area contributed by atoms with Gasteiger partial charge in [0, 0.05) is 27.2 Å². The molecule has 0 aliphatic heterocycles. The minimum atomic E-state index is -0.523. The molecule has 0 spiro atoms. The van der Waals surface area contributed by atoms with Gasteiger partial charge >= 0.3 is 0 Å². The zero-order chi connectivity index (χ0) is 14.3. The molecule has 1 aromatic rings. The number of methoxy groups -OCH3 is 1. The fourth-order valence-corrected chi connectivity index (χ4v) is 1.52. The molecule has 0 unspecified atom stereocenters. The van der Waals surface area contributed by atoms with Crippen molar-refractivity contribution in [3.05, 3.63) is 23.6 Å². The summed E-state index contributed by atoms with van der Waals surface area (Å²) in [5, 5.41) is 3.03. The van der Waals surface area contributed by atoms with E-state index in [-0.39, 0.29) is 11.5 Å². The summed E-state index contributed by atoms with van der Waals surface area (Å²) in [6, 6.07) is 1.20. The van der Waals surface area contributed by atoms with E-state index < -0.39 is 5.82 Å². The normalized spacial score (nSPS) is 10.3. The van der Waals surface area contributed by atoms with E-state index in [1.807, 2.05) is 6.92 Å². The molecule has 0 aliphatic rings. The lowest BCUT2D eigenvalue weighted by Gasteiger charge is -2.18. The third kappa shape index (κ3) is 4.48. The molecule has 0 saturated carbocycles. The number of ether oxygens (including phenoxy) is 1. The van der Waals surface area contributed by atoms with Crippen LogP contribution in [0, 0.1) is 5.82 Å². The molecule has 19 heavy (non-hydrogen) atoms. The van der Waals surface area contributed by atoms with Crippen LogP contribution in [0.1, 0.15) is 23.7 Å². The molecular weight excluding hydrogens is 249 g/mol. The van der Waals surface area contributed by atoms with Crippen molar-refractivity contribution in [2.45, 2.75) is 13.3 Å². The van der Waals surface area contributed by atoms with E-state index in [9.17, 15) is 9.18 Å². The lowest BCUT2D eigenvalue weighted by atomic mass is 10.2. The number of amides is 1. The number of aromatic nitrogens is 1. The predicted octanol–water partition coefficient (Wildman–Crippen LogP) is 1.76. The average Bonchev–Trinajstić information content (AvgIpc) is 2.42. The highest BCUT2D eigenvalue weighted by atomic mass is 19.1. The van der Waals surface area contributed by atoms with Gasteiger partial charge in [0.2, 0.25) is 0 Å². The molecule has 0 aliphatic carbocycles. The molecule has 0 radical (unpaired) electrons. The lowest BCUT2D eigenvalue weighted by Crippen LogP contribution is -2.31. The molecule has 1 heterocycles. The summed E-state index contributed by atoms with van der Waals surface area (Å²) in [6.07, 6.45) is 2.00. The summed E-state index contributed by atoms with van der Waals surface area (Å²) >= 11 is 0. The van der Waals surface area contributed by atoms with Gasteiger partial charge in [-0.2, -0.15) is 0 Å². The Morgan fingerprint density at radius 1 is 1.58 bits per heavy atom. The van der Waals surface area contributed by atoms with Crippen molar-refractivity contribution in [1.29, 1.82) is 0 Å². The number of likely N-dealkylation sites (N-methyl/N-ethyl adjacent to an activating group) is 1. The van der Waals surface area contributed by atoms with Gasteiger partial charge < -0.3 is 15.0 Å². The SMILES string of the molecule is CCCNc1ncc(F)cc1C(=O)N(C)CCOC. The second kappa shape index (κ2) is 7.68. The van der Waals surface area contributed by atoms with Gasteiger partial charge in [0.15, 0.2) is 0 Å². The Hall–Kier alpha value is -1.69. The number of rotatable bonds is 7. The summed E-state index contributed by atoms with van der Waals surface area (Å²) in [7, 11) is 3.21. The van der Waals surface area contributed by atoms with Crippen LogP contribution >= 0.6 is 0 Å². The predicted molar refractivity (Wildman–Crippen MR) is 71.8 cm³/mol. The molecule has 0 atom stereocenters. The Morgan fingerprint density at radius 2 is 2.32 bits per heavy atom. The molecule has 1 amide bonds. The summed E-state index contributed by atoms with van der Waals surface area (Å²) in [5.74, 6) is -0.384. The monoisotopic (exact) mass is 269 g/mol. The van der Waals surface area contributed by atoms with Crippen molar-refractivity contribution >= 4 is 11.7 Å². The minimum Gasteiger partial charge on any atom is -0.383 e. The second-order valence-corrected chi connectivity index (χ2v) is 4.20. The Labute approximate surface area is 112 Å². The fourth-order valence-electron chi connectivity index (χ4n) is 1.52. The van der Waals surface area contributed by atoms with Gasteiger partial charge in [0.1, 0.15) is 11.6 Å². The maximum Gasteiger partial charge on any atom is 0.257 e. The Balaban J connectivity index is 2.89. The molecule has 0 bridgehead atoms. The number of hydrogen-bond donors (Lipinski definition) is 1. The molecule has 0 fully saturated rings. The van der Waals surface area contributed by atoms with Gasteiger partial charge in [0.05, 0.1) is 18.4 Å². The molecule has 0 aromatic carbocycles. The van der Waals surface area contributed by atoms with Gasteiger partial charge in [-0.3, -0.25) is 4.79 Å². The molecule has 0 saturated heterocycles. The number of halogens is 1. The standard InChI is InChI=1S/C13H20FN3O2/c1-4-5-15-12-11(8-10(14)9-16-12)13(18)17(2)6-7-19-3/h8-9H,4-7H2,1-3H3,(H,15,16). The first-order chi connectivity index (χ1) is 9.10. The van der Waals surface area contributed by atoms with Crippen LogP contribution in [0.3, 0.4) is 0 Å². The first-order valence-corrected chi connectivity index (χ1v) is 6.24. The van der Waals surface area contributed by atoms with E-state index in [0.29, 0.717) is 25.5 Å². The second-order valence-electron chi connectivity index (χ2n) is 4.20. The third-order valence-electron chi connectivity index (χ3n) is 2.60. The average molecular weight is 269 g/mol. The summed E-state index contributed by atoms with van der Waals surface area (Å²) in [6.45, 7) is 3.56. The van der Waals surface area contributed by atoms with Crippen LogP contribution in [-0.2, 0) is 4.74 Å². The van der Waals surface area contributed by atoms with E-state index in [4.69, 9.17) is 4.74 Å². The quantitative estimate of drug-likeness (QED) is 0.819. The van der Waals surface area contributed by atoms with Crippen LogP contribution in [-0.4, -0.2) is 49.6 Å². The van der Waals surface area contributed by atoms with Crippen molar-refractivity contribution < 1.29 is 13.9 Å². The molecule has 6 heteroatoms. The van der Waals surface area contributed by atoms with Crippen LogP contribution in [0.4, 0.5) is 10.2 Å². The van der Waals surface area contributed by atoms with Gasteiger partial charge in [-0.05, 0) is 12.5 Å². The smallest absolute Gasteiger partial charge is 0.257 e. The van der Waals surface area contributed by atoms with E-state index in [0.717, 1.165) is 12.6 Å². The third-order valence-corrected chi connectivity index (χ3v) is 2.60. The van der Waals surface area contributed by atoms with Gasteiger partial charge in [-0.15, -0.1) is 0 Å². The Bertz CT molecular complexity index is 426. The topological polar surface area (TPSA) is 54.5 Å². The summed E-state index contributed by atoms with van der Waals surface area (Å²) in [5.41, 5.74) is 0.243.